The number of nitrogens with two attached hydrogens (primary N) is 1. The minimum absolute atomic E-state index is 0.0626. The van der Waals surface area contributed by atoms with Gasteiger partial charge in [0.05, 0.1) is 19.3 Å². The maximum absolute atomic E-state index is 5.77. The van der Waals surface area contributed by atoms with E-state index >= 15 is 0 Å². The topological polar surface area (TPSA) is 62.9 Å². The summed E-state index contributed by atoms with van der Waals surface area (Å²) in [5.74, 6) is 0.743. The van der Waals surface area contributed by atoms with Crippen LogP contribution < -0.4 is 15.2 Å². The summed E-state index contributed by atoms with van der Waals surface area (Å²) >= 11 is 0. The molecule has 1 aromatic carbocycles. The van der Waals surface area contributed by atoms with Gasteiger partial charge in [0, 0.05) is 5.56 Å². The second kappa shape index (κ2) is 4.12. The first-order chi connectivity index (χ1) is 8.58. The highest BCUT2D eigenvalue weighted by Gasteiger charge is 2.36. The fourth-order valence-electron chi connectivity index (χ4n) is 2.31. The predicted octanol–water partition coefficient (Wildman–Crippen LogP) is 1.27. The van der Waals surface area contributed by atoms with Crippen LogP contribution in [0, 0.1) is 6.92 Å². The van der Waals surface area contributed by atoms with Gasteiger partial charge in [0.1, 0.15) is 0 Å². The molecule has 98 valence electrons. The Morgan fingerprint density at radius 3 is 2.44 bits per heavy atom. The van der Waals surface area contributed by atoms with E-state index in [9.17, 15) is 0 Å². The lowest BCUT2D eigenvalue weighted by atomic mass is 9.99. The van der Waals surface area contributed by atoms with E-state index in [0.29, 0.717) is 13.2 Å². The smallest absolute Gasteiger partial charge is 0.231 e. The maximum Gasteiger partial charge on any atom is 0.231 e. The van der Waals surface area contributed by atoms with Crippen molar-refractivity contribution in [3.8, 4) is 11.5 Å². The third kappa shape index (κ3) is 1.84. The Bertz CT molecular complexity index is 466. The maximum atomic E-state index is 5.77. The van der Waals surface area contributed by atoms with Crippen molar-refractivity contribution in [3.63, 3.8) is 0 Å². The minimum Gasteiger partial charge on any atom is -0.454 e. The highest BCUT2D eigenvalue weighted by atomic mass is 16.7. The van der Waals surface area contributed by atoms with Crippen LogP contribution in [0.25, 0.3) is 0 Å². The van der Waals surface area contributed by atoms with E-state index in [-0.39, 0.29) is 12.8 Å². The normalized spacial score (nSPS) is 30.5. The van der Waals surface area contributed by atoms with Gasteiger partial charge in [-0.3, -0.25) is 0 Å². The molecule has 0 atom stereocenters. The van der Waals surface area contributed by atoms with Gasteiger partial charge in [0.25, 0.3) is 0 Å². The van der Waals surface area contributed by atoms with Crippen molar-refractivity contribution in [1.29, 1.82) is 0 Å². The van der Waals surface area contributed by atoms with E-state index in [1.54, 1.807) is 0 Å². The molecule has 0 aliphatic carbocycles. The van der Waals surface area contributed by atoms with Gasteiger partial charge in [0.15, 0.2) is 17.3 Å². The number of ether oxygens (including phenoxy) is 4. The van der Waals surface area contributed by atoms with Crippen molar-refractivity contribution < 1.29 is 18.9 Å². The summed E-state index contributed by atoms with van der Waals surface area (Å²) in [6.45, 7) is 5.16. The Labute approximate surface area is 106 Å². The van der Waals surface area contributed by atoms with Gasteiger partial charge in [0.2, 0.25) is 6.79 Å². The summed E-state index contributed by atoms with van der Waals surface area (Å²) in [6, 6.07) is 3.81. The largest absolute Gasteiger partial charge is 0.454 e. The predicted molar refractivity (Wildman–Crippen MR) is 64.5 cm³/mol. The Balaban J connectivity index is 1.96. The summed E-state index contributed by atoms with van der Waals surface area (Å²) in [5.41, 5.74) is 7.78. The number of benzene rings is 1. The molecule has 0 radical (unpaired) electrons. The monoisotopic (exact) mass is 251 g/mol. The highest BCUT2D eigenvalue weighted by molar-refractivity contribution is 5.49. The van der Waals surface area contributed by atoms with Crippen LogP contribution in [0.1, 0.15) is 18.1 Å². The Hall–Kier alpha value is -1.30. The van der Waals surface area contributed by atoms with Crippen molar-refractivity contribution in [2.45, 2.75) is 25.7 Å². The van der Waals surface area contributed by atoms with E-state index in [1.807, 2.05) is 26.0 Å². The molecule has 2 N–H and O–H groups in total. The average Bonchev–Trinajstić information content (AvgIpc) is 2.79. The van der Waals surface area contributed by atoms with Gasteiger partial charge < -0.3 is 24.7 Å². The third-order valence-electron chi connectivity index (χ3n) is 3.35. The first kappa shape index (κ1) is 11.8. The van der Waals surface area contributed by atoms with Crippen molar-refractivity contribution >= 4 is 0 Å². The fraction of sp³-hybridized carbons (Fsp3) is 0.538. The SMILES string of the molecule is Cc1cc2c(cc1C1(C)OCC(N)CO1)OCO2. The van der Waals surface area contributed by atoms with Crippen molar-refractivity contribution in [1.82, 2.24) is 0 Å². The van der Waals surface area contributed by atoms with Crippen LogP contribution in [-0.4, -0.2) is 26.0 Å². The van der Waals surface area contributed by atoms with Crippen LogP contribution in [0.4, 0.5) is 0 Å². The molecule has 2 aliphatic heterocycles. The Morgan fingerprint density at radius 2 is 1.78 bits per heavy atom. The molecule has 0 saturated carbocycles. The Morgan fingerprint density at radius 1 is 1.17 bits per heavy atom. The summed E-state index contributed by atoms with van der Waals surface area (Å²) in [6.07, 6.45) is 0. The highest BCUT2D eigenvalue weighted by Crippen LogP contribution is 2.40. The lowest BCUT2D eigenvalue weighted by Gasteiger charge is -2.37. The van der Waals surface area contributed by atoms with Crippen molar-refractivity contribution in [2.75, 3.05) is 20.0 Å². The molecule has 0 amide bonds. The fourth-order valence-corrected chi connectivity index (χ4v) is 2.31. The number of aryl methyl sites for hydroxylation is 1. The standard InChI is InChI=1S/C13H17NO4/c1-8-3-11-12(16-7-15-11)4-10(8)13(2)17-5-9(14)6-18-13/h3-4,9H,5-7,14H2,1-2H3. The van der Waals surface area contributed by atoms with Crippen LogP contribution >= 0.6 is 0 Å². The first-order valence-electron chi connectivity index (χ1n) is 6.03. The van der Waals surface area contributed by atoms with Gasteiger partial charge in [-0.05, 0) is 31.5 Å². The van der Waals surface area contributed by atoms with E-state index < -0.39 is 5.79 Å². The van der Waals surface area contributed by atoms with E-state index in [0.717, 1.165) is 22.6 Å². The molecule has 2 heterocycles. The molecule has 18 heavy (non-hydrogen) atoms. The average molecular weight is 251 g/mol. The van der Waals surface area contributed by atoms with Crippen LogP contribution in [0.3, 0.4) is 0 Å². The van der Waals surface area contributed by atoms with Crippen LogP contribution in [0.2, 0.25) is 0 Å². The molecule has 0 aromatic heterocycles. The third-order valence-corrected chi connectivity index (χ3v) is 3.35. The molecule has 3 rings (SSSR count). The molecule has 1 aromatic rings. The molecular formula is C13H17NO4. The first-order valence-corrected chi connectivity index (χ1v) is 6.03. The molecular weight excluding hydrogens is 234 g/mol. The molecule has 5 heteroatoms. The summed E-state index contributed by atoms with van der Waals surface area (Å²) in [4.78, 5) is 0. The minimum atomic E-state index is -0.763. The van der Waals surface area contributed by atoms with Gasteiger partial charge >= 0.3 is 0 Å². The second-order valence-corrected chi connectivity index (χ2v) is 4.85. The summed E-state index contributed by atoms with van der Waals surface area (Å²) < 4.78 is 22.3. The van der Waals surface area contributed by atoms with Crippen LogP contribution in [0.15, 0.2) is 12.1 Å². The molecule has 1 saturated heterocycles. The second-order valence-electron chi connectivity index (χ2n) is 4.85. The summed E-state index contributed by atoms with van der Waals surface area (Å²) in [5, 5.41) is 0. The molecule has 0 bridgehead atoms. The van der Waals surface area contributed by atoms with E-state index in [4.69, 9.17) is 24.7 Å². The van der Waals surface area contributed by atoms with Crippen molar-refractivity contribution in [3.05, 3.63) is 23.3 Å². The number of hydrogen-bond donors (Lipinski definition) is 1. The summed E-state index contributed by atoms with van der Waals surface area (Å²) in [7, 11) is 0. The lowest BCUT2D eigenvalue weighted by molar-refractivity contribution is -0.270. The number of rotatable bonds is 1. The zero-order valence-corrected chi connectivity index (χ0v) is 10.6. The zero-order valence-electron chi connectivity index (χ0n) is 10.6. The molecule has 0 unspecified atom stereocenters. The van der Waals surface area contributed by atoms with Gasteiger partial charge in [-0.1, -0.05) is 0 Å². The van der Waals surface area contributed by atoms with Crippen LogP contribution in [0.5, 0.6) is 11.5 Å². The van der Waals surface area contributed by atoms with Crippen LogP contribution in [-0.2, 0) is 15.3 Å². The Kier molecular flexibility index (Phi) is 2.69. The lowest BCUT2D eigenvalue weighted by Crippen LogP contribution is -2.46. The molecule has 1 fully saturated rings. The zero-order chi connectivity index (χ0) is 12.8. The molecule has 0 spiro atoms. The number of fused-ring (bicyclic) bond motifs is 1. The quantitative estimate of drug-likeness (QED) is 0.814. The van der Waals surface area contributed by atoms with E-state index in [1.165, 1.54) is 0 Å². The van der Waals surface area contributed by atoms with Crippen molar-refractivity contribution in [2.24, 2.45) is 5.73 Å². The molecule has 2 aliphatic rings. The van der Waals surface area contributed by atoms with E-state index in [2.05, 4.69) is 0 Å². The number of hydrogen-bond acceptors (Lipinski definition) is 5. The molecule has 5 nitrogen and oxygen atoms in total. The van der Waals surface area contributed by atoms with Gasteiger partial charge in [-0.15, -0.1) is 0 Å². The van der Waals surface area contributed by atoms with Gasteiger partial charge in [-0.2, -0.15) is 0 Å². The van der Waals surface area contributed by atoms with Gasteiger partial charge in [-0.25, -0.2) is 0 Å².